The third-order valence-electron chi connectivity index (χ3n) is 3.70. The average Bonchev–Trinajstić information content (AvgIpc) is 2.90. The second kappa shape index (κ2) is 6.70. The first-order valence-corrected chi connectivity index (χ1v) is 7.26. The SMILES string of the molecule is CCCn1ccc(=O)n(CCCC2CCCN2)c1=O. The number of rotatable bonds is 6. The summed E-state index contributed by atoms with van der Waals surface area (Å²) in [6.07, 6.45) is 6.85. The highest BCUT2D eigenvalue weighted by Gasteiger charge is 2.13. The zero-order valence-corrected chi connectivity index (χ0v) is 11.6. The van der Waals surface area contributed by atoms with Gasteiger partial charge in [0, 0.05) is 31.4 Å². The molecule has 19 heavy (non-hydrogen) atoms. The number of aromatic nitrogens is 2. The van der Waals surface area contributed by atoms with Crippen molar-refractivity contribution in [1.82, 2.24) is 14.5 Å². The standard InChI is InChI=1S/C14H23N3O2/c1-2-9-16-11-7-13(18)17(14(16)19)10-4-6-12-5-3-8-15-12/h7,11-12,15H,2-6,8-10H2,1H3. The Balaban J connectivity index is 2.00. The summed E-state index contributed by atoms with van der Waals surface area (Å²) in [5.41, 5.74) is -0.356. The van der Waals surface area contributed by atoms with E-state index in [0.29, 0.717) is 19.1 Å². The number of aryl methyl sites for hydroxylation is 1. The van der Waals surface area contributed by atoms with Gasteiger partial charge in [-0.25, -0.2) is 4.79 Å². The maximum atomic E-state index is 12.1. The van der Waals surface area contributed by atoms with Crippen molar-refractivity contribution in [3.8, 4) is 0 Å². The molecular weight excluding hydrogens is 242 g/mol. The lowest BCUT2D eigenvalue weighted by molar-refractivity contribution is 0.474. The Labute approximate surface area is 113 Å². The molecule has 1 unspecified atom stereocenters. The van der Waals surface area contributed by atoms with Crippen molar-refractivity contribution in [1.29, 1.82) is 0 Å². The van der Waals surface area contributed by atoms with Crippen LogP contribution < -0.4 is 16.6 Å². The molecular formula is C14H23N3O2. The van der Waals surface area contributed by atoms with Crippen molar-refractivity contribution in [2.24, 2.45) is 0 Å². The predicted molar refractivity (Wildman–Crippen MR) is 75.5 cm³/mol. The van der Waals surface area contributed by atoms with E-state index in [9.17, 15) is 9.59 Å². The Morgan fingerprint density at radius 3 is 2.89 bits per heavy atom. The van der Waals surface area contributed by atoms with Gasteiger partial charge in [-0.15, -0.1) is 0 Å². The van der Waals surface area contributed by atoms with Crippen LogP contribution >= 0.6 is 0 Å². The molecule has 0 aromatic carbocycles. The van der Waals surface area contributed by atoms with Gasteiger partial charge in [0.15, 0.2) is 0 Å². The molecule has 0 spiro atoms. The average molecular weight is 265 g/mol. The number of nitrogens with zero attached hydrogens (tertiary/aromatic N) is 2. The zero-order chi connectivity index (χ0) is 13.7. The van der Waals surface area contributed by atoms with Crippen LogP contribution in [0.5, 0.6) is 0 Å². The maximum Gasteiger partial charge on any atom is 0.330 e. The van der Waals surface area contributed by atoms with Crippen molar-refractivity contribution in [2.75, 3.05) is 6.54 Å². The summed E-state index contributed by atoms with van der Waals surface area (Å²) in [7, 11) is 0. The molecule has 0 amide bonds. The smallest absolute Gasteiger partial charge is 0.314 e. The summed E-state index contributed by atoms with van der Waals surface area (Å²) >= 11 is 0. The minimum Gasteiger partial charge on any atom is -0.314 e. The predicted octanol–water partition coefficient (Wildman–Crippen LogP) is 0.952. The highest BCUT2D eigenvalue weighted by Crippen LogP contribution is 2.10. The Bertz CT molecular complexity index is 512. The van der Waals surface area contributed by atoms with Crippen LogP contribution in [0.1, 0.15) is 39.0 Å². The van der Waals surface area contributed by atoms with E-state index < -0.39 is 0 Å². The molecule has 5 nitrogen and oxygen atoms in total. The second-order valence-corrected chi connectivity index (χ2v) is 5.22. The molecule has 1 saturated heterocycles. The van der Waals surface area contributed by atoms with Crippen molar-refractivity contribution >= 4 is 0 Å². The first-order chi connectivity index (χ1) is 9.22. The number of hydrogen-bond acceptors (Lipinski definition) is 3. The second-order valence-electron chi connectivity index (χ2n) is 5.22. The van der Waals surface area contributed by atoms with E-state index in [0.717, 1.165) is 25.8 Å². The van der Waals surface area contributed by atoms with Gasteiger partial charge in [-0.05, 0) is 38.6 Å². The van der Waals surface area contributed by atoms with Crippen LogP contribution in [0.2, 0.25) is 0 Å². The molecule has 0 bridgehead atoms. The van der Waals surface area contributed by atoms with Gasteiger partial charge in [0.1, 0.15) is 0 Å². The van der Waals surface area contributed by atoms with E-state index in [2.05, 4.69) is 5.32 Å². The molecule has 1 atom stereocenters. The van der Waals surface area contributed by atoms with Crippen LogP contribution in [0.25, 0.3) is 0 Å². The largest absolute Gasteiger partial charge is 0.330 e. The topological polar surface area (TPSA) is 56.0 Å². The third-order valence-corrected chi connectivity index (χ3v) is 3.70. The summed E-state index contributed by atoms with van der Waals surface area (Å²) in [5, 5.41) is 3.43. The Morgan fingerprint density at radius 1 is 1.37 bits per heavy atom. The van der Waals surface area contributed by atoms with Crippen LogP contribution in [0.4, 0.5) is 0 Å². The van der Waals surface area contributed by atoms with E-state index >= 15 is 0 Å². The van der Waals surface area contributed by atoms with E-state index in [1.54, 1.807) is 10.8 Å². The van der Waals surface area contributed by atoms with Gasteiger partial charge in [0.05, 0.1) is 0 Å². The Kier molecular flexibility index (Phi) is 4.96. The van der Waals surface area contributed by atoms with Gasteiger partial charge >= 0.3 is 5.69 Å². The third kappa shape index (κ3) is 3.56. The van der Waals surface area contributed by atoms with Crippen LogP contribution in [-0.4, -0.2) is 21.7 Å². The minimum atomic E-state index is -0.184. The highest BCUT2D eigenvalue weighted by molar-refractivity contribution is 4.86. The monoisotopic (exact) mass is 265 g/mol. The summed E-state index contributed by atoms with van der Waals surface area (Å²) in [5.74, 6) is 0. The van der Waals surface area contributed by atoms with Crippen LogP contribution in [-0.2, 0) is 13.1 Å². The first-order valence-electron chi connectivity index (χ1n) is 7.26. The summed E-state index contributed by atoms with van der Waals surface area (Å²) in [4.78, 5) is 23.9. The molecule has 0 radical (unpaired) electrons. The van der Waals surface area contributed by atoms with Crippen molar-refractivity contribution in [3.05, 3.63) is 33.1 Å². The van der Waals surface area contributed by atoms with Gasteiger partial charge in [-0.3, -0.25) is 9.36 Å². The summed E-state index contributed by atoms with van der Waals surface area (Å²) in [6, 6.07) is 2.06. The lowest BCUT2D eigenvalue weighted by Gasteiger charge is -2.11. The van der Waals surface area contributed by atoms with Gasteiger partial charge < -0.3 is 9.88 Å². The van der Waals surface area contributed by atoms with E-state index in [1.807, 2.05) is 6.92 Å². The molecule has 1 aromatic rings. The molecule has 106 valence electrons. The molecule has 2 rings (SSSR count). The normalized spacial score (nSPS) is 18.9. The molecule has 1 fully saturated rings. The van der Waals surface area contributed by atoms with E-state index in [-0.39, 0.29) is 11.2 Å². The fourth-order valence-corrected chi connectivity index (χ4v) is 2.67. The van der Waals surface area contributed by atoms with Gasteiger partial charge in [0.25, 0.3) is 5.56 Å². The van der Waals surface area contributed by atoms with Crippen LogP contribution in [0.15, 0.2) is 21.9 Å². The first kappa shape index (κ1) is 14.1. The number of hydrogen-bond donors (Lipinski definition) is 1. The summed E-state index contributed by atoms with van der Waals surface area (Å²) < 4.78 is 2.99. The van der Waals surface area contributed by atoms with Gasteiger partial charge in [-0.2, -0.15) is 0 Å². The van der Waals surface area contributed by atoms with E-state index in [4.69, 9.17) is 0 Å². The lowest BCUT2D eigenvalue weighted by atomic mass is 10.1. The highest BCUT2D eigenvalue weighted by atomic mass is 16.2. The summed E-state index contributed by atoms with van der Waals surface area (Å²) in [6.45, 7) is 4.32. The fraction of sp³-hybridized carbons (Fsp3) is 0.714. The lowest BCUT2D eigenvalue weighted by Crippen LogP contribution is -2.39. The fourth-order valence-electron chi connectivity index (χ4n) is 2.67. The molecule has 5 heteroatoms. The van der Waals surface area contributed by atoms with Gasteiger partial charge in [0.2, 0.25) is 0 Å². The Morgan fingerprint density at radius 2 is 2.21 bits per heavy atom. The van der Waals surface area contributed by atoms with Crippen LogP contribution in [0, 0.1) is 0 Å². The van der Waals surface area contributed by atoms with Crippen molar-refractivity contribution in [3.63, 3.8) is 0 Å². The zero-order valence-electron chi connectivity index (χ0n) is 11.6. The van der Waals surface area contributed by atoms with Crippen molar-refractivity contribution in [2.45, 2.75) is 58.2 Å². The van der Waals surface area contributed by atoms with Crippen LogP contribution in [0.3, 0.4) is 0 Å². The minimum absolute atomic E-state index is 0.172. The van der Waals surface area contributed by atoms with Gasteiger partial charge in [-0.1, -0.05) is 6.92 Å². The molecule has 1 aromatic heterocycles. The number of nitrogens with one attached hydrogen (secondary N) is 1. The molecule has 0 aliphatic carbocycles. The maximum absolute atomic E-state index is 12.1. The molecule has 0 saturated carbocycles. The molecule has 1 N–H and O–H groups in total. The molecule has 1 aliphatic rings. The Hall–Kier alpha value is -1.36. The molecule has 2 heterocycles. The van der Waals surface area contributed by atoms with Crippen molar-refractivity contribution < 1.29 is 0 Å². The van der Waals surface area contributed by atoms with E-state index in [1.165, 1.54) is 23.5 Å². The quantitative estimate of drug-likeness (QED) is 0.833. The molecule has 1 aliphatic heterocycles.